The van der Waals surface area contributed by atoms with Crippen LogP contribution in [0.25, 0.3) is 0 Å². The molecule has 2 heterocycles. The molecule has 1 amide bonds. The van der Waals surface area contributed by atoms with Crippen LogP contribution < -0.4 is 11.1 Å². The molecule has 1 aromatic carbocycles. The van der Waals surface area contributed by atoms with Crippen molar-refractivity contribution in [3.05, 3.63) is 29.1 Å². The van der Waals surface area contributed by atoms with Crippen LogP contribution in [0.1, 0.15) is 36.4 Å². The van der Waals surface area contributed by atoms with E-state index in [-0.39, 0.29) is 17.8 Å². The molecule has 3 N–H and O–H groups in total. The van der Waals surface area contributed by atoms with Crippen molar-refractivity contribution >= 4 is 11.6 Å². The third-order valence-electron chi connectivity index (χ3n) is 3.84. The Hall–Kier alpha value is -1.46. The quantitative estimate of drug-likeness (QED) is 0.857. The van der Waals surface area contributed by atoms with Crippen LogP contribution in [0.3, 0.4) is 0 Å². The molecule has 0 bridgehead atoms. The number of ether oxygens (including phenoxy) is 1. The second-order valence-corrected chi connectivity index (χ2v) is 5.16. The second kappa shape index (κ2) is 4.90. The largest absolute Gasteiger partial charge is 0.376 e. The van der Waals surface area contributed by atoms with Gasteiger partial charge in [0.1, 0.15) is 5.82 Å². The summed E-state index contributed by atoms with van der Waals surface area (Å²) in [5.41, 5.74) is 8.11. The monoisotopic (exact) mass is 264 g/mol. The zero-order chi connectivity index (χ0) is 13.4. The van der Waals surface area contributed by atoms with Crippen molar-refractivity contribution in [3.63, 3.8) is 0 Å². The van der Waals surface area contributed by atoms with Gasteiger partial charge in [0.15, 0.2) is 0 Å². The van der Waals surface area contributed by atoms with Crippen molar-refractivity contribution in [1.82, 2.24) is 0 Å². The van der Waals surface area contributed by atoms with Crippen molar-refractivity contribution in [2.45, 2.75) is 37.8 Å². The Morgan fingerprint density at radius 1 is 1.42 bits per heavy atom. The van der Waals surface area contributed by atoms with Gasteiger partial charge in [-0.2, -0.15) is 0 Å². The molecule has 2 unspecified atom stereocenters. The van der Waals surface area contributed by atoms with Gasteiger partial charge in [-0.05, 0) is 37.0 Å². The lowest BCUT2D eigenvalue weighted by Gasteiger charge is -2.23. The van der Waals surface area contributed by atoms with E-state index in [4.69, 9.17) is 10.5 Å². The number of hydrogen-bond acceptors (Lipinski definition) is 3. The average Bonchev–Trinajstić information content (AvgIpc) is 2.91. The van der Waals surface area contributed by atoms with Crippen LogP contribution >= 0.6 is 0 Å². The molecule has 0 aliphatic carbocycles. The Balaban J connectivity index is 1.91. The minimum Gasteiger partial charge on any atom is -0.376 e. The maximum Gasteiger partial charge on any atom is 0.224 e. The van der Waals surface area contributed by atoms with Gasteiger partial charge < -0.3 is 15.8 Å². The van der Waals surface area contributed by atoms with Crippen LogP contribution in [0.4, 0.5) is 10.1 Å². The summed E-state index contributed by atoms with van der Waals surface area (Å²) in [6.07, 6.45) is 2.81. The van der Waals surface area contributed by atoms with Crippen LogP contribution in [-0.2, 0) is 16.0 Å². The van der Waals surface area contributed by atoms with Crippen LogP contribution in [0.5, 0.6) is 0 Å². The molecule has 2 aliphatic heterocycles. The zero-order valence-corrected chi connectivity index (χ0v) is 10.6. The number of carbonyl (C=O) groups is 1. The lowest BCUT2D eigenvalue weighted by molar-refractivity contribution is -0.116. The van der Waals surface area contributed by atoms with E-state index >= 15 is 0 Å². The predicted octanol–water partition coefficient (Wildman–Crippen LogP) is 1.89. The number of anilines is 1. The van der Waals surface area contributed by atoms with Gasteiger partial charge in [0.05, 0.1) is 12.1 Å². The van der Waals surface area contributed by atoms with Gasteiger partial charge in [-0.25, -0.2) is 4.39 Å². The van der Waals surface area contributed by atoms with E-state index < -0.39 is 6.04 Å². The zero-order valence-electron chi connectivity index (χ0n) is 10.6. The molecular formula is C14H17FN2O2. The number of aryl methyl sites for hydroxylation is 1. The number of fused-ring (bicyclic) bond motifs is 1. The van der Waals surface area contributed by atoms with Crippen molar-refractivity contribution < 1.29 is 13.9 Å². The minimum atomic E-state index is -0.439. The lowest BCUT2D eigenvalue weighted by Crippen LogP contribution is -2.27. The molecule has 1 aromatic rings. The predicted molar refractivity (Wildman–Crippen MR) is 69.3 cm³/mol. The lowest BCUT2D eigenvalue weighted by atomic mass is 9.94. The molecule has 4 nitrogen and oxygen atoms in total. The number of carbonyl (C=O) groups excluding carboxylic acids is 1. The maximum atomic E-state index is 14.1. The van der Waals surface area contributed by atoms with Crippen molar-refractivity contribution in [1.29, 1.82) is 0 Å². The standard InChI is InChI=1S/C14H17FN2O2/c15-10-7-11-8(3-4-13(18)17-11)6-9(10)14(16)12-2-1-5-19-12/h6-7,12,14H,1-5,16H2,(H,17,18). The summed E-state index contributed by atoms with van der Waals surface area (Å²) in [5, 5.41) is 2.69. The van der Waals surface area contributed by atoms with E-state index in [9.17, 15) is 9.18 Å². The van der Waals surface area contributed by atoms with Gasteiger partial charge in [0.2, 0.25) is 5.91 Å². The number of amides is 1. The second-order valence-electron chi connectivity index (χ2n) is 5.16. The van der Waals surface area contributed by atoms with Gasteiger partial charge in [0.25, 0.3) is 0 Å². The summed E-state index contributed by atoms with van der Waals surface area (Å²) >= 11 is 0. The summed E-state index contributed by atoms with van der Waals surface area (Å²) in [4.78, 5) is 11.3. The molecule has 102 valence electrons. The molecule has 0 radical (unpaired) electrons. The molecule has 2 atom stereocenters. The molecule has 3 rings (SSSR count). The number of rotatable bonds is 2. The van der Waals surface area contributed by atoms with Crippen molar-refractivity contribution in [2.75, 3.05) is 11.9 Å². The van der Waals surface area contributed by atoms with Crippen LogP contribution in [-0.4, -0.2) is 18.6 Å². The smallest absolute Gasteiger partial charge is 0.224 e. The highest BCUT2D eigenvalue weighted by atomic mass is 19.1. The number of hydrogen-bond donors (Lipinski definition) is 2. The Bertz CT molecular complexity index is 512. The Morgan fingerprint density at radius 2 is 2.26 bits per heavy atom. The van der Waals surface area contributed by atoms with Gasteiger partial charge in [-0.3, -0.25) is 4.79 Å². The van der Waals surface area contributed by atoms with E-state index in [2.05, 4.69) is 5.32 Å². The highest BCUT2D eigenvalue weighted by Crippen LogP contribution is 2.32. The average molecular weight is 264 g/mol. The topological polar surface area (TPSA) is 64.3 Å². The molecule has 0 aromatic heterocycles. The minimum absolute atomic E-state index is 0.0666. The van der Waals surface area contributed by atoms with E-state index in [0.717, 1.165) is 18.4 Å². The molecule has 0 saturated carbocycles. The number of benzene rings is 1. The fourth-order valence-electron chi connectivity index (χ4n) is 2.76. The summed E-state index contributed by atoms with van der Waals surface area (Å²) in [6, 6.07) is 2.71. The Kier molecular flexibility index (Phi) is 3.24. The number of halogens is 1. The highest BCUT2D eigenvalue weighted by Gasteiger charge is 2.28. The Labute approximate surface area is 111 Å². The van der Waals surface area contributed by atoms with E-state index in [1.807, 2.05) is 0 Å². The third kappa shape index (κ3) is 2.35. The van der Waals surface area contributed by atoms with Crippen LogP contribution in [0.15, 0.2) is 12.1 Å². The summed E-state index contributed by atoms with van der Waals surface area (Å²) in [6.45, 7) is 0.695. The fraction of sp³-hybridized carbons (Fsp3) is 0.500. The molecule has 1 fully saturated rings. The van der Waals surface area contributed by atoms with Gasteiger partial charge in [-0.15, -0.1) is 0 Å². The SMILES string of the molecule is NC(c1cc2c(cc1F)NC(=O)CC2)C1CCCO1. The number of nitrogens with one attached hydrogen (secondary N) is 1. The summed E-state index contributed by atoms with van der Waals surface area (Å²) in [7, 11) is 0. The number of nitrogens with two attached hydrogens (primary N) is 1. The molecule has 5 heteroatoms. The van der Waals surface area contributed by atoms with E-state index in [0.29, 0.717) is 30.7 Å². The normalized spacial score (nSPS) is 23.9. The van der Waals surface area contributed by atoms with E-state index in [1.165, 1.54) is 6.07 Å². The molecule has 0 spiro atoms. The van der Waals surface area contributed by atoms with Crippen LogP contribution in [0.2, 0.25) is 0 Å². The first kappa shape index (κ1) is 12.6. The summed E-state index contributed by atoms with van der Waals surface area (Å²) in [5.74, 6) is -0.438. The van der Waals surface area contributed by atoms with Crippen LogP contribution in [0, 0.1) is 5.82 Å². The summed E-state index contributed by atoms with van der Waals surface area (Å²) < 4.78 is 19.6. The first-order valence-electron chi connectivity index (χ1n) is 6.64. The van der Waals surface area contributed by atoms with Gasteiger partial charge in [0, 0.05) is 24.3 Å². The van der Waals surface area contributed by atoms with Crippen molar-refractivity contribution in [2.24, 2.45) is 5.73 Å². The maximum absolute atomic E-state index is 14.1. The van der Waals surface area contributed by atoms with Crippen molar-refractivity contribution in [3.8, 4) is 0 Å². The molecular weight excluding hydrogens is 247 g/mol. The first-order chi connectivity index (χ1) is 9.15. The van der Waals surface area contributed by atoms with Gasteiger partial charge in [-0.1, -0.05) is 0 Å². The molecule has 1 saturated heterocycles. The molecule has 2 aliphatic rings. The molecule has 19 heavy (non-hydrogen) atoms. The fourth-order valence-corrected chi connectivity index (χ4v) is 2.76. The Morgan fingerprint density at radius 3 is 3.00 bits per heavy atom. The first-order valence-corrected chi connectivity index (χ1v) is 6.64. The highest BCUT2D eigenvalue weighted by molar-refractivity contribution is 5.93. The van der Waals surface area contributed by atoms with E-state index in [1.54, 1.807) is 6.07 Å². The third-order valence-corrected chi connectivity index (χ3v) is 3.84. The van der Waals surface area contributed by atoms with Gasteiger partial charge >= 0.3 is 0 Å².